The first-order valence-electron chi connectivity index (χ1n) is 17.1. The molecule has 0 N–H and O–H groups in total. The molecule has 5 aromatic rings. The zero-order chi connectivity index (χ0) is 34.2. The Hall–Kier alpha value is -3.30. The van der Waals surface area contributed by atoms with E-state index >= 15 is 0 Å². The number of benzene rings is 3. The molecule has 7 nitrogen and oxygen atoms in total. The molecule has 2 heterocycles. The number of likely N-dealkylation sites (N-methyl/N-ethyl adjacent to an activating group) is 1. The fraction of sp³-hybridized carbons (Fsp3) is 0.462. The van der Waals surface area contributed by atoms with Gasteiger partial charge in [-0.3, -0.25) is 4.68 Å². The van der Waals surface area contributed by atoms with Crippen molar-refractivity contribution in [3.8, 4) is 21.7 Å². The van der Waals surface area contributed by atoms with E-state index < -0.39 is 17.7 Å². The molecular formula is C39H47ClN4O3S. The van der Waals surface area contributed by atoms with Crippen LogP contribution < -0.4 is 0 Å². The third-order valence-electron chi connectivity index (χ3n) is 9.07. The van der Waals surface area contributed by atoms with Crippen LogP contribution in [0.3, 0.4) is 0 Å². The van der Waals surface area contributed by atoms with Crippen molar-refractivity contribution in [2.24, 2.45) is 0 Å². The van der Waals surface area contributed by atoms with Gasteiger partial charge in [0.05, 0.1) is 40.2 Å². The summed E-state index contributed by atoms with van der Waals surface area (Å²) < 4.78 is 15.2. The zero-order valence-electron chi connectivity index (χ0n) is 29.2. The summed E-state index contributed by atoms with van der Waals surface area (Å²) in [6, 6.07) is 16.6. The lowest BCUT2D eigenvalue weighted by molar-refractivity contribution is -0.166. The van der Waals surface area contributed by atoms with Gasteiger partial charge in [-0.2, -0.15) is 5.10 Å². The quantitative estimate of drug-likeness (QED) is 0.136. The minimum atomic E-state index is -0.909. The first-order chi connectivity index (χ1) is 22.9. The molecule has 0 unspecified atom stereocenters. The van der Waals surface area contributed by atoms with Gasteiger partial charge in [-0.05, 0) is 109 Å². The van der Waals surface area contributed by atoms with Crippen LogP contribution in [0.25, 0.3) is 42.8 Å². The van der Waals surface area contributed by atoms with E-state index in [4.69, 9.17) is 31.2 Å². The molecule has 1 aliphatic carbocycles. The summed E-state index contributed by atoms with van der Waals surface area (Å²) in [5.74, 6) is 0.0821. The normalized spacial score (nSPS) is 15.1. The van der Waals surface area contributed by atoms with Crippen LogP contribution in [0.15, 0.2) is 48.5 Å². The molecule has 0 amide bonds. The van der Waals surface area contributed by atoms with Gasteiger partial charge in [0.2, 0.25) is 0 Å². The lowest BCUT2D eigenvalue weighted by atomic mass is 9.86. The summed E-state index contributed by atoms with van der Waals surface area (Å²) in [6.07, 6.45) is 5.30. The number of hydrogen-bond donors (Lipinski definition) is 0. The van der Waals surface area contributed by atoms with Gasteiger partial charge in [0, 0.05) is 39.6 Å². The number of thiazole rings is 1. The van der Waals surface area contributed by atoms with Crippen LogP contribution in [-0.4, -0.2) is 58.5 Å². The molecular weight excluding hydrogens is 640 g/mol. The number of esters is 1. The summed E-state index contributed by atoms with van der Waals surface area (Å²) in [5.41, 5.74) is 7.36. The van der Waals surface area contributed by atoms with Crippen LogP contribution in [0.4, 0.5) is 0 Å². The molecule has 0 radical (unpaired) electrons. The first kappa shape index (κ1) is 34.6. The van der Waals surface area contributed by atoms with Crippen molar-refractivity contribution in [2.45, 2.75) is 90.9 Å². The molecule has 3 aromatic carbocycles. The number of halogens is 1. The summed E-state index contributed by atoms with van der Waals surface area (Å²) in [4.78, 5) is 21.0. The van der Waals surface area contributed by atoms with Crippen LogP contribution in [-0.2, 0) is 20.8 Å². The minimum absolute atomic E-state index is 0.266. The van der Waals surface area contributed by atoms with Gasteiger partial charge in [-0.1, -0.05) is 43.0 Å². The Morgan fingerprint density at radius 2 is 1.77 bits per heavy atom. The molecule has 6 rings (SSSR count). The van der Waals surface area contributed by atoms with Crippen molar-refractivity contribution < 1.29 is 14.3 Å². The molecule has 0 spiro atoms. The summed E-state index contributed by atoms with van der Waals surface area (Å²) in [5, 5.41) is 8.04. The van der Waals surface area contributed by atoms with Gasteiger partial charge in [0.15, 0.2) is 6.10 Å². The highest BCUT2D eigenvalue weighted by atomic mass is 35.5. The third-order valence-corrected chi connectivity index (χ3v) is 10.5. The number of fused-ring (bicyclic) bond motifs is 2. The van der Waals surface area contributed by atoms with E-state index in [1.54, 1.807) is 11.3 Å². The fourth-order valence-electron chi connectivity index (χ4n) is 6.85. The molecule has 0 aliphatic heterocycles. The molecule has 1 aliphatic rings. The van der Waals surface area contributed by atoms with E-state index in [0.29, 0.717) is 10.9 Å². The Bertz CT molecular complexity index is 1920. The van der Waals surface area contributed by atoms with Gasteiger partial charge in [-0.15, -0.1) is 11.3 Å². The van der Waals surface area contributed by atoms with E-state index in [9.17, 15) is 4.79 Å². The predicted molar refractivity (Wildman–Crippen MR) is 198 cm³/mol. The second-order valence-electron chi connectivity index (χ2n) is 14.2. The van der Waals surface area contributed by atoms with Gasteiger partial charge >= 0.3 is 5.97 Å². The Labute approximate surface area is 293 Å². The van der Waals surface area contributed by atoms with E-state index in [1.807, 2.05) is 58.9 Å². The maximum Gasteiger partial charge on any atom is 0.339 e. The SMILES string of the molecule is CCOC(=O)[C@@H](OC(C)(C)C)c1c(C)cc2nc(-c3ccc4c(c3)c(C3CCCCC3)nn4CCN(C)C)sc2c1-c1ccc(Cl)cc1. The number of aromatic nitrogens is 3. The second-order valence-corrected chi connectivity index (χ2v) is 15.6. The van der Waals surface area contributed by atoms with Gasteiger partial charge in [0.1, 0.15) is 5.01 Å². The molecule has 1 fully saturated rings. The van der Waals surface area contributed by atoms with Gasteiger partial charge in [-0.25, -0.2) is 9.78 Å². The highest BCUT2D eigenvalue weighted by Gasteiger charge is 2.34. The van der Waals surface area contributed by atoms with E-state index in [-0.39, 0.29) is 6.61 Å². The van der Waals surface area contributed by atoms with E-state index in [1.165, 1.54) is 48.7 Å². The molecule has 0 bridgehead atoms. The third kappa shape index (κ3) is 7.32. The molecule has 254 valence electrons. The van der Waals surface area contributed by atoms with Crippen molar-refractivity contribution in [3.63, 3.8) is 0 Å². The summed E-state index contributed by atoms with van der Waals surface area (Å²) in [6.45, 7) is 11.8. The van der Waals surface area contributed by atoms with Gasteiger partial charge in [0.25, 0.3) is 0 Å². The van der Waals surface area contributed by atoms with Crippen molar-refractivity contribution in [3.05, 3.63) is 70.4 Å². The Kier molecular flexibility index (Phi) is 10.3. The summed E-state index contributed by atoms with van der Waals surface area (Å²) in [7, 11) is 4.21. The number of nitrogens with zero attached hydrogens (tertiary/aromatic N) is 4. The Morgan fingerprint density at radius 1 is 1.06 bits per heavy atom. The minimum Gasteiger partial charge on any atom is -0.464 e. The van der Waals surface area contributed by atoms with Crippen molar-refractivity contribution >= 4 is 50.0 Å². The highest BCUT2D eigenvalue weighted by Crippen LogP contribution is 2.45. The van der Waals surface area contributed by atoms with Gasteiger partial charge < -0.3 is 14.4 Å². The number of ether oxygens (including phenoxy) is 2. The predicted octanol–water partition coefficient (Wildman–Crippen LogP) is 9.97. The number of carbonyl (C=O) groups is 1. The van der Waals surface area contributed by atoms with Crippen LogP contribution in [0.1, 0.15) is 88.6 Å². The smallest absolute Gasteiger partial charge is 0.339 e. The monoisotopic (exact) mass is 686 g/mol. The molecule has 1 saturated carbocycles. The molecule has 0 saturated heterocycles. The maximum absolute atomic E-state index is 13.6. The molecule has 48 heavy (non-hydrogen) atoms. The second kappa shape index (κ2) is 14.3. The Morgan fingerprint density at radius 3 is 2.44 bits per heavy atom. The van der Waals surface area contributed by atoms with Crippen LogP contribution in [0.5, 0.6) is 0 Å². The molecule has 9 heteroatoms. The van der Waals surface area contributed by atoms with Crippen molar-refractivity contribution in [2.75, 3.05) is 27.2 Å². The number of aryl methyl sites for hydroxylation is 1. The zero-order valence-corrected chi connectivity index (χ0v) is 30.8. The summed E-state index contributed by atoms with van der Waals surface area (Å²) >= 11 is 7.99. The lowest BCUT2D eigenvalue weighted by Crippen LogP contribution is -2.29. The topological polar surface area (TPSA) is 69.5 Å². The largest absolute Gasteiger partial charge is 0.464 e. The first-order valence-corrected chi connectivity index (χ1v) is 18.3. The molecule has 2 aromatic heterocycles. The van der Waals surface area contributed by atoms with Crippen LogP contribution in [0.2, 0.25) is 5.02 Å². The Balaban J connectivity index is 1.54. The van der Waals surface area contributed by atoms with Crippen LogP contribution >= 0.6 is 22.9 Å². The average molecular weight is 687 g/mol. The average Bonchev–Trinajstić information content (AvgIpc) is 3.64. The number of rotatable bonds is 10. The van der Waals surface area contributed by atoms with E-state index in [0.717, 1.165) is 56.1 Å². The number of hydrogen-bond acceptors (Lipinski definition) is 7. The van der Waals surface area contributed by atoms with Crippen molar-refractivity contribution in [1.29, 1.82) is 0 Å². The molecule has 1 atom stereocenters. The number of carbonyl (C=O) groups excluding carboxylic acids is 1. The van der Waals surface area contributed by atoms with E-state index in [2.05, 4.69) is 47.9 Å². The van der Waals surface area contributed by atoms with Crippen LogP contribution in [0, 0.1) is 6.92 Å². The maximum atomic E-state index is 13.6. The fourth-order valence-corrected chi connectivity index (χ4v) is 8.10. The van der Waals surface area contributed by atoms with Crippen molar-refractivity contribution in [1.82, 2.24) is 19.7 Å². The lowest BCUT2D eigenvalue weighted by Gasteiger charge is -2.29. The standard InChI is InChI=1S/C39H47ClN4O3S/c1-8-46-38(45)35(47-39(3,4)5)32-24(2)22-30-36(33(32)25-14-17-28(40)18-15-25)48-37(41-30)27-16-19-31-29(23-27)34(26-12-10-9-11-13-26)42-44(31)21-20-43(6)7/h14-19,22-23,26,35H,8-13,20-21H2,1-7H3/t35-/m0/s1. The highest BCUT2D eigenvalue weighted by molar-refractivity contribution is 7.22.